The Labute approximate surface area is 81.9 Å². The van der Waals surface area contributed by atoms with Crippen molar-refractivity contribution in [2.24, 2.45) is 0 Å². The van der Waals surface area contributed by atoms with Crippen LogP contribution in [-0.2, 0) is 0 Å². The monoisotopic (exact) mass is 179 g/mol. The number of hydrogen-bond acceptors (Lipinski definition) is 1. The van der Waals surface area contributed by atoms with Crippen LogP contribution in [-0.4, -0.2) is 12.6 Å². The van der Waals surface area contributed by atoms with Crippen LogP contribution in [0.4, 0.5) is 0 Å². The maximum absolute atomic E-state index is 4.00. The van der Waals surface area contributed by atoms with Gasteiger partial charge in [0.2, 0.25) is 0 Å². The lowest BCUT2D eigenvalue weighted by molar-refractivity contribution is 0.382. The summed E-state index contributed by atoms with van der Waals surface area (Å²) in [6.07, 6.45) is 9.77. The van der Waals surface area contributed by atoms with E-state index in [0.29, 0.717) is 0 Å². The third kappa shape index (κ3) is 4.28. The van der Waals surface area contributed by atoms with E-state index in [-0.39, 0.29) is 0 Å². The van der Waals surface area contributed by atoms with Crippen LogP contribution in [0, 0.1) is 0 Å². The van der Waals surface area contributed by atoms with Crippen LogP contribution in [0.2, 0.25) is 0 Å². The van der Waals surface area contributed by atoms with Crippen molar-refractivity contribution in [3.63, 3.8) is 0 Å². The molecule has 0 unspecified atom stereocenters. The molecule has 1 aliphatic carbocycles. The van der Waals surface area contributed by atoms with Crippen molar-refractivity contribution < 1.29 is 0 Å². The zero-order valence-electron chi connectivity index (χ0n) is 8.52. The van der Waals surface area contributed by atoms with E-state index in [1.54, 1.807) is 0 Å². The topological polar surface area (TPSA) is 12.0 Å². The Morgan fingerprint density at radius 1 is 1.31 bits per heavy atom. The first-order valence-electron chi connectivity index (χ1n) is 5.34. The van der Waals surface area contributed by atoms with Gasteiger partial charge in [-0.15, -0.1) is 6.58 Å². The summed E-state index contributed by atoms with van der Waals surface area (Å²) in [4.78, 5) is 0. The molecule has 1 N–H and O–H groups in total. The third-order valence-electron chi connectivity index (χ3n) is 2.68. The summed E-state index contributed by atoms with van der Waals surface area (Å²) in [5.41, 5.74) is 1.25. The fourth-order valence-corrected chi connectivity index (χ4v) is 1.87. The molecule has 0 saturated heterocycles. The quantitative estimate of drug-likeness (QED) is 0.640. The summed E-state index contributed by atoms with van der Waals surface area (Å²) >= 11 is 0. The van der Waals surface area contributed by atoms with E-state index in [4.69, 9.17) is 0 Å². The fraction of sp³-hybridized carbons (Fsp3) is 0.667. The van der Waals surface area contributed by atoms with Crippen molar-refractivity contribution in [3.05, 3.63) is 24.8 Å². The molecule has 1 fully saturated rings. The number of nitrogens with one attached hydrogen (secondary N) is 1. The van der Waals surface area contributed by atoms with E-state index in [2.05, 4.69) is 18.5 Å². The van der Waals surface area contributed by atoms with Crippen molar-refractivity contribution in [2.75, 3.05) is 6.54 Å². The highest BCUT2D eigenvalue weighted by Crippen LogP contribution is 2.17. The van der Waals surface area contributed by atoms with Gasteiger partial charge in [-0.05, 0) is 19.3 Å². The van der Waals surface area contributed by atoms with E-state index in [1.807, 2.05) is 6.08 Å². The Hall–Kier alpha value is -0.560. The molecule has 0 aromatic carbocycles. The highest BCUT2D eigenvalue weighted by molar-refractivity contribution is 5.02. The van der Waals surface area contributed by atoms with Gasteiger partial charge in [0.05, 0.1) is 0 Å². The smallest absolute Gasteiger partial charge is 0.0167 e. The second-order valence-corrected chi connectivity index (χ2v) is 3.96. The van der Waals surface area contributed by atoms with E-state index in [9.17, 15) is 0 Å². The normalized spacial score (nSPS) is 18.5. The van der Waals surface area contributed by atoms with Crippen LogP contribution < -0.4 is 5.32 Å². The van der Waals surface area contributed by atoms with E-state index in [1.165, 1.54) is 37.7 Å². The van der Waals surface area contributed by atoms with E-state index >= 15 is 0 Å². The van der Waals surface area contributed by atoms with Crippen molar-refractivity contribution in [2.45, 2.75) is 44.6 Å². The predicted octanol–water partition coefficient (Wildman–Crippen LogP) is 3.04. The van der Waals surface area contributed by atoms with Crippen molar-refractivity contribution in [1.29, 1.82) is 0 Å². The molecule has 1 heteroatoms. The molecule has 0 atom stereocenters. The average molecular weight is 179 g/mol. The van der Waals surface area contributed by atoms with Gasteiger partial charge >= 0.3 is 0 Å². The molecule has 0 spiro atoms. The molecule has 1 rings (SSSR count). The van der Waals surface area contributed by atoms with Crippen molar-refractivity contribution in [1.82, 2.24) is 5.32 Å². The van der Waals surface area contributed by atoms with Gasteiger partial charge in [-0.2, -0.15) is 0 Å². The Kier molecular flexibility index (Phi) is 4.84. The minimum Gasteiger partial charge on any atom is -0.310 e. The van der Waals surface area contributed by atoms with E-state index in [0.717, 1.165) is 19.0 Å². The second-order valence-electron chi connectivity index (χ2n) is 3.96. The molecular formula is C12H21N. The molecule has 1 saturated carbocycles. The van der Waals surface area contributed by atoms with Gasteiger partial charge in [0.15, 0.2) is 0 Å². The van der Waals surface area contributed by atoms with Crippen LogP contribution >= 0.6 is 0 Å². The summed E-state index contributed by atoms with van der Waals surface area (Å²) in [6, 6.07) is 0.746. The zero-order chi connectivity index (χ0) is 9.52. The average Bonchev–Trinajstić information content (AvgIpc) is 2.17. The molecule has 1 aliphatic rings. The maximum Gasteiger partial charge on any atom is 0.0167 e. The summed E-state index contributed by atoms with van der Waals surface area (Å²) < 4.78 is 0. The molecule has 0 amide bonds. The minimum absolute atomic E-state index is 0.746. The highest BCUT2D eigenvalue weighted by atomic mass is 14.9. The van der Waals surface area contributed by atoms with Gasteiger partial charge in [0.25, 0.3) is 0 Å². The summed E-state index contributed by atoms with van der Waals surface area (Å²) in [5.74, 6) is 0. The van der Waals surface area contributed by atoms with Crippen LogP contribution in [0.25, 0.3) is 0 Å². The fourth-order valence-electron chi connectivity index (χ4n) is 1.87. The second kappa shape index (κ2) is 5.98. The van der Waals surface area contributed by atoms with Gasteiger partial charge in [-0.3, -0.25) is 0 Å². The van der Waals surface area contributed by atoms with Crippen LogP contribution in [0.3, 0.4) is 0 Å². The van der Waals surface area contributed by atoms with Gasteiger partial charge in [0.1, 0.15) is 0 Å². The first-order valence-corrected chi connectivity index (χ1v) is 5.34. The van der Waals surface area contributed by atoms with Gasteiger partial charge in [0, 0.05) is 12.6 Å². The van der Waals surface area contributed by atoms with Gasteiger partial charge in [-0.1, -0.05) is 37.5 Å². The van der Waals surface area contributed by atoms with Crippen LogP contribution in [0.5, 0.6) is 0 Å². The third-order valence-corrected chi connectivity index (χ3v) is 2.68. The van der Waals surface area contributed by atoms with Gasteiger partial charge in [-0.25, -0.2) is 0 Å². The molecule has 74 valence electrons. The molecule has 0 radical (unpaired) electrons. The predicted molar refractivity (Wildman–Crippen MR) is 58.8 cm³/mol. The first kappa shape index (κ1) is 10.5. The SMILES string of the molecule is C=CCC(=C)CNC1CCCCC1. The number of rotatable bonds is 5. The minimum atomic E-state index is 0.746. The lowest BCUT2D eigenvalue weighted by atomic mass is 9.95. The molecule has 0 aromatic rings. The number of allylic oxidation sites excluding steroid dienone is 1. The lowest BCUT2D eigenvalue weighted by Crippen LogP contribution is -2.32. The number of hydrogen-bond donors (Lipinski definition) is 1. The highest BCUT2D eigenvalue weighted by Gasteiger charge is 2.11. The standard InChI is InChI=1S/C12H21N/c1-3-7-11(2)10-13-12-8-5-4-6-9-12/h3,12-13H,1-2,4-10H2. The Bertz CT molecular complexity index is 166. The van der Waals surface area contributed by atoms with Gasteiger partial charge < -0.3 is 5.32 Å². The largest absolute Gasteiger partial charge is 0.310 e. The van der Waals surface area contributed by atoms with Crippen molar-refractivity contribution in [3.8, 4) is 0 Å². The Balaban J connectivity index is 2.09. The first-order chi connectivity index (χ1) is 6.33. The Morgan fingerprint density at radius 2 is 2.00 bits per heavy atom. The molecule has 13 heavy (non-hydrogen) atoms. The van der Waals surface area contributed by atoms with Crippen molar-refractivity contribution >= 4 is 0 Å². The molecule has 0 aliphatic heterocycles. The summed E-state index contributed by atoms with van der Waals surface area (Å²) in [7, 11) is 0. The van der Waals surface area contributed by atoms with Crippen LogP contribution in [0.15, 0.2) is 24.8 Å². The van der Waals surface area contributed by atoms with Crippen LogP contribution in [0.1, 0.15) is 38.5 Å². The lowest BCUT2D eigenvalue weighted by Gasteiger charge is -2.23. The molecular weight excluding hydrogens is 158 g/mol. The molecule has 0 heterocycles. The van der Waals surface area contributed by atoms with E-state index < -0.39 is 0 Å². The molecule has 1 nitrogen and oxygen atoms in total. The molecule has 0 bridgehead atoms. The molecule has 0 aromatic heterocycles. The summed E-state index contributed by atoms with van der Waals surface area (Å²) in [6.45, 7) is 8.67. The maximum atomic E-state index is 4.00. The zero-order valence-corrected chi connectivity index (χ0v) is 8.52. The summed E-state index contributed by atoms with van der Waals surface area (Å²) in [5, 5.41) is 3.56. The Morgan fingerprint density at radius 3 is 2.62 bits per heavy atom.